The van der Waals surface area contributed by atoms with Crippen LogP contribution >= 0.6 is 0 Å². The molecule has 0 fully saturated rings. The molecule has 0 N–H and O–H groups in total. The van der Waals surface area contributed by atoms with Crippen molar-refractivity contribution >= 4 is 0 Å². The van der Waals surface area contributed by atoms with Crippen LogP contribution in [0.4, 0.5) is 74.6 Å². The van der Waals surface area contributed by atoms with Crippen LogP contribution in [0.2, 0.25) is 0 Å². The summed E-state index contributed by atoms with van der Waals surface area (Å²) in [6.07, 6.45) is -12.1. The third kappa shape index (κ3) is 4.36. The predicted molar refractivity (Wildman–Crippen MR) is 68.0 cm³/mol. The minimum atomic E-state index is -8.30. The van der Waals surface area contributed by atoms with E-state index in [0.717, 1.165) is 0 Å². The molecule has 0 amide bonds. The third-order valence-corrected chi connectivity index (χ3v) is 3.98. The highest BCUT2D eigenvalue weighted by atomic mass is 19.4. The molecular formula is C13H13F17N+. The van der Waals surface area contributed by atoms with Gasteiger partial charge in [-0.3, -0.25) is 4.48 Å². The Balaban J connectivity index is 6.56. The Morgan fingerprint density at radius 3 is 1.00 bits per heavy atom. The molecule has 0 rings (SSSR count). The van der Waals surface area contributed by atoms with E-state index < -0.39 is 65.1 Å². The van der Waals surface area contributed by atoms with Gasteiger partial charge >= 0.3 is 47.8 Å². The van der Waals surface area contributed by atoms with Gasteiger partial charge in [0.15, 0.2) is 0 Å². The second-order valence-electron chi connectivity index (χ2n) is 7.25. The lowest BCUT2D eigenvalue weighted by Gasteiger charge is -2.44. The standard InChI is InChI=1S/C13H13F17N/c1-31(2,3)13(29,30)12(27,28)11(25,26)10(23,24)9(21,22)8(19,20)6(14,15)4-5-7(16,17)18/h4-5H2,1-3H3/q+1. The van der Waals surface area contributed by atoms with E-state index >= 15 is 0 Å². The van der Waals surface area contributed by atoms with Gasteiger partial charge in [0.1, 0.15) is 0 Å². The van der Waals surface area contributed by atoms with Crippen LogP contribution in [0.15, 0.2) is 0 Å². The van der Waals surface area contributed by atoms with E-state index in [2.05, 4.69) is 0 Å². The summed E-state index contributed by atoms with van der Waals surface area (Å²) in [5, 5.41) is 0. The smallest absolute Gasteiger partial charge is 0.265 e. The lowest BCUT2D eigenvalue weighted by molar-refractivity contribution is -0.975. The van der Waals surface area contributed by atoms with Gasteiger partial charge in [0.05, 0.1) is 21.1 Å². The van der Waals surface area contributed by atoms with Gasteiger partial charge in [0, 0.05) is 12.8 Å². The molecule has 18 heteroatoms. The molecule has 188 valence electrons. The van der Waals surface area contributed by atoms with Crippen molar-refractivity contribution in [2.75, 3.05) is 21.1 Å². The number of hydrogen-bond acceptors (Lipinski definition) is 0. The van der Waals surface area contributed by atoms with E-state index in [4.69, 9.17) is 0 Å². The fourth-order valence-electron chi connectivity index (χ4n) is 1.89. The summed E-state index contributed by atoms with van der Waals surface area (Å²) in [5.74, 6) is -46.8. The van der Waals surface area contributed by atoms with Crippen LogP contribution in [0.25, 0.3) is 0 Å². The van der Waals surface area contributed by atoms with Crippen molar-refractivity contribution in [1.29, 1.82) is 0 Å². The molecule has 0 aromatic heterocycles. The van der Waals surface area contributed by atoms with E-state index in [-0.39, 0.29) is 21.1 Å². The van der Waals surface area contributed by atoms with Gasteiger partial charge in [-0.15, -0.1) is 8.78 Å². The molecule has 0 atom stereocenters. The first-order chi connectivity index (χ1) is 13.0. The fraction of sp³-hybridized carbons (Fsp3) is 1.00. The number of hydrogen-bond donors (Lipinski definition) is 0. The highest BCUT2D eigenvalue weighted by molar-refractivity contribution is 5.13. The van der Waals surface area contributed by atoms with Gasteiger partial charge in [-0.2, -0.15) is 65.9 Å². The zero-order chi connectivity index (χ0) is 25.9. The minimum absolute atomic E-state index is 0.0137. The molecule has 1 nitrogen and oxygen atoms in total. The van der Waals surface area contributed by atoms with Crippen molar-refractivity contribution in [3.05, 3.63) is 0 Å². The summed E-state index contributed by atoms with van der Waals surface area (Å²) >= 11 is 0. The molecule has 0 aliphatic heterocycles. The zero-order valence-electron chi connectivity index (χ0n) is 15.3. The Kier molecular flexibility index (Phi) is 7.10. The lowest BCUT2D eigenvalue weighted by atomic mass is 9.89. The SMILES string of the molecule is C[N+](C)(C)C(F)(F)C(F)(F)C(F)(F)C(F)(F)C(F)(F)C(F)(F)C(F)(F)CCC(F)(F)F. The third-order valence-electron chi connectivity index (χ3n) is 3.98. The summed E-state index contributed by atoms with van der Waals surface area (Å²) in [5.41, 5.74) is 0. The Morgan fingerprint density at radius 1 is 0.419 bits per heavy atom. The van der Waals surface area contributed by atoms with Gasteiger partial charge in [-0.05, 0) is 0 Å². The lowest BCUT2D eigenvalue weighted by Crippen LogP contribution is -2.76. The molecule has 0 aliphatic carbocycles. The van der Waals surface area contributed by atoms with E-state index in [1.54, 1.807) is 0 Å². The molecule has 0 radical (unpaired) electrons. The quantitative estimate of drug-likeness (QED) is 0.192. The summed E-state index contributed by atoms with van der Waals surface area (Å²) < 4.78 is 222. The maximum Gasteiger partial charge on any atom is 0.461 e. The number of rotatable bonds is 9. The average Bonchev–Trinajstić information content (AvgIpc) is 2.50. The van der Waals surface area contributed by atoms with E-state index in [0.29, 0.717) is 0 Å². The molecule has 0 unspecified atom stereocenters. The van der Waals surface area contributed by atoms with Crippen LogP contribution in [-0.4, -0.2) is 73.4 Å². The van der Waals surface area contributed by atoms with E-state index in [1.165, 1.54) is 0 Å². The first kappa shape index (κ1) is 29.8. The second-order valence-corrected chi connectivity index (χ2v) is 7.25. The van der Waals surface area contributed by atoms with Gasteiger partial charge in [-0.25, -0.2) is 0 Å². The molecular weight excluding hydrogens is 493 g/mol. The molecule has 0 aromatic carbocycles. The number of halogens is 17. The van der Waals surface area contributed by atoms with Crippen LogP contribution in [0.3, 0.4) is 0 Å². The Labute approximate surface area is 162 Å². The molecule has 0 bridgehead atoms. The van der Waals surface area contributed by atoms with E-state index in [1.807, 2.05) is 0 Å². The average molecular weight is 506 g/mol. The van der Waals surface area contributed by atoms with Gasteiger partial charge in [-0.1, -0.05) is 0 Å². The van der Waals surface area contributed by atoms with Crippen molar-refractivity contribution in [1.82, 2.24) is 0 Å². The predicted octanol–water partition coefficient (Wildman–Crippen LogP) is 6.44. The van der Waals surface area contributed by atoms with Crippen molar-refractivity contribution < 1.29 is 79.1 Å². The molecule has 31 heavy (non-hydrogen) atoms. The number of alkyl halides is 17. The second kappa shape index (κ2) is 7.40. The Hall–Kier alpha value is -1.23. The highest BCUT2D eigenvalue weighted by Crippen LogP contribution is 2.63. The maximum atomic E-state index is 13.6. The molecule has 0 aromatic rings. The molecule has 0 spiro atoms. The summed E-state index contributed by atoms with van der Waals surface area (Å²) in [6, 6.07) is -6.36. The molecule has 0 saturated heterocycles. The van der Waals surface area contributed by atoms with Gasteiger partial charge in [0.25, 0.3) is 0 Å². The topological polar surface area (TPSA) is 0 Å². The van der Waals surface area contributed by atoms with Crippen LogP contribution < -0.4 is 0 Å². The Morgan fingerprint density at radius 2 is 0.710 bits per heavy atom. The van der Waals surface area contributed by atoms with Crippen molar-refractivity contribution in [2.45, 2.75) is 60.6 Å². The summed E-state index contributed by atoms with van der Waals surface area (Å²) in [7, 11) is -0.0412. The summed E-state index contributed by atoms with van der Waals surface area (Å²) in [4.78, 5) is 0. The Bertz CT molecular complexity index is 639. The van der Waals surface area contributed by atoms with Crippen molar-refractivity contribution in [3.8, 4) is 0 Å². The van der Waals surface area contributed by atoms with Gasteiger partial charge in [0.2, 0.25) is 0 Å². The number of nitrogens with zero attached hydrogens (tertiary/aromatic N) is 1. The monoisotopic (exact) mass is 506 g/mol. The van der Waals surface area contributed by atoms with Gasteiger partial charge < -0.3 is 0 Å². The first-order valence-electron chi connectivity index (χ1n) is 7.49. The molecule has 0 saturated carbocycles. The van der Waals surface area contributed by atoms with Crippen molar-refractivity contribution in [2.24, 2.45) is 0 Å². The van der Waals surface area contributed by atoms with Crippen LogP contribution in [0, 0.1) is 0 Å². The van der Waals surface area contributed by atoms with Crippen molar-refractivity contribution in [3.63, 3.8) is 0 Å². The van der Waals surface area contributed by atoms with Crippen LogP contribution in [0.1, 0.15) is 12.8 Å². The van der Waals surface area contributed by atoms with Crippen LogP contribution in [-0.2, 0) is 0 Å². The maximum absolute atomic E-state index is 13.6. The fourth-order valence-corrected chi connectivity index (χ4v) is 1.89. The minimum Gasteiger partial charge on any atom is -0.265 e. The molecule has 0 heterocycles. The normalized spacial score (nSPS) is 16.6. The highest BCUT2D eigenvalue weighted by Gasteiger charge is 2.94. The largest absolute Gasteiger partial charge is 0.461 e. The van der Waals surface area contributed by atoms with E-state index in [9.17, 15) is 74.6 Å². The molecule has 0 aliphatic rings. The first-order valence-corrected chi connectivity index (χ1v) is 7.49. The van der Waals surface area contributed by atoms with Crippen LogP contribution in [0.5, 0.6) is 0 Å². The zero-order valence-corrected chi connectivity index (χ0v) is 15.3. The number of quaternary nitrogens is 1. The summed E-state index contributed by atoms with van der Waals surface area (Å²) in [6.45, 7) is 0.